The van der Waals surface area contributed by atoms with E-state index in [0.29, 0.717) is 10.9 Å². The van der Waals surface area contributed by atoms with Gasteiger partial charge < -0.3 is 4.57 Å². The van der Waals surface area contributed by atoms with Crippen molar-refractivity contribution in [2.75, 3.05) is 0 Å². The van der Waals surface area contributed by atoms with E-state index in [1.165, 1.54) is 24.4 Å². The van der Waals surface area contributed by atoms with Crippen LogP contribution < -0.4 is 0 Å². The molecule has 0 aliphatic carbocycles. The zero-order valence-corrected chi connectivity index (χ0v) is 14.1. The van der Waals surface area contributed by atoms with Crippen molar-refractivity contribution in [3.05, 3.63) is 36.5 Å². The van der Waals surface area contributed by atoms with E-state index in [9.17, 15) is 39.5 Å². The van der Waals surface area contributed by atoms with Crippen LogP contribution in [0, 0.1) is 0 Å². The smallest absolute Gasteiger partial charge is 0.346 e. The van der Waals surface area contributed by atoms with Crippen LogP contribution in [0.1, 0.15) is 0 Å². The van der Waals surface area contributed by atoms with Crippen molar-refractivity contribution < 1.29 is 39.5 Å². The van der Waals surface area contributed by atoms with Crippen molar-refractivity contribution in [3.8, 4) is 0 Å². The first-order valence-corrected chi connectivity index (χ1v) is 7.86. The monoisotopic (exact) mass is 489 g/mol. The molecule has 0 fully saturated rings. The van der Waals surface area contributed by atoms with Crippen LogP contribution in [-0.4, -0.2) is 32.4 Å². The van der Waals surface area contributed by atoms with E-state index in [4.69, 9.17) is 0 Å². The minimum atomic E-state index is -6.87. The fraction of sp³-hybridized carbons (Fsp3) is 0.429. The number of aromatic nitrogens is 1. The Bertz CT molecular complexity index is 750. The van der Waals surface area contributed by atoms with Crippen molar-refractivity contribution >= 4 is 33.5 Å². The Balaban J connectivity index is 2.35. The highest BCUT2D eigenvalue weighted by Gasteiger charge is 2.82. The molecule has 0 saturated heterocycles. The normalized spacial score (nSPS) is 15.6. The molecule has 1 unspecified atom stereocenters. The molecule has 1 atom stereocenters. The Labute approximate surface area is 148 Å². The van der Waals surface area contributed by atoms with E-state index >= 15 is 0 Å². The van der Waals surface area contributed by atoms with Crippen LogP contribution in [0.3, 0.4) is 0 Å². The lowest BCUT2D eigenvalue weighted by molar-refractivity contribution is -0.395. The number of hydrogen-bond donors (Lipinski definition) is 0. The molecule has 1 aromatic carbocycles. The summed E-state index contributed by atoms with van der Waals surface area (Å²) in [6.07, 6.45) is -5.55. The van der Waals surface area contributed by atoms with E-state index in [2.05, 4.69) is 0 Å². The molecule has 0 bridgehead atoms. The summed E-state index contributed by atoms with van der Waals surface area (Å²) in [5.41, 5.74) is 0.353. The lowest BCUT2D eigenvalue weighted by Crippen LogP contribution is -2.63. The van der Waals surface area contributed by atoms with E-state index in [1.54, 1.807) is 12.1 Å². The van der Waals surface area contributed by atoms with Gasteiger partial charge in [0.2, 0.25) is 0 Å². The molecule has 25 heavy (non-hydrogen) atoms. The number of benzene rings is 1. The average Bonchev–Trinajstić information content (AvgIpc) is 2.89. The first-order valence-electron chi connectivity index (χ1n) is 6.61. The molecule has 0 amide bonds. The average molecular weight is 489 g/mol. The standard InChI is InChI=1S/C14H9F9IN/c15-11(16,12(17,18)13(19,20)14(21,22)23)10(24)7-25-6-5-8-3-1-2-4-9(8)25/h1-6,10H,7H2. The third-order valence-corrected chi connectivity index (χ3v) is 4.78. The number of para-hydroxylation sites is 1. The van der Waals surface area contributed by atoms with Gasteiger partial charge in [0, 0.05) is 18.3 Å². The minimum absolute atomic E-state index is 0.353. The molecule has 2 rings (SSSR count). The van der Waals surface area contributed by atoms with Crippen LogP contribution in [0.25, 0.3) is 10.9 Å². The second-order valence-corrected chi connectivity index (χ2v) is 6.77. The summed E-state index contributed by atoms with van der Waals surface area (Å²) in [6, 6.07) is 7.70. The van der Waals surface area contributed by atoms with Crippen LogP contribution in [0.4, 0.5) is 39.5 Å². The Morgan fingerprint density at radius 1 is 0.840 bits per heavy atom. The first-order chi connectivity index (χ1) is 11.2. The molecule has 2 aromatic rings. The third kappa shape index (κ3) is 3.19. The Kier molecular flexibility index (Phi) is 5.03. The van der Waals surface area contributed by atoms with Crippen molar-refractivity contribution in [1.29, 1.82) is 0 Å². The van der Waals surface area contributed by atoms with Crippen LogP contribution >= 0.6 is 22.6 Å². The first kappa shape index (κ1) is 20.2. The highest BCUT2D eigenvalue weighted by molar-refractivity contribution is 14.1. The van der Waals surface area contributed by atoms with E-state index in [1.807, 2.05) is 0 Å². The summed E-state index contributed by atoms with van der Waals surface area (Å²) in [7, 11) is 0. The third-order valence-electron chi connectivity index (χ3n) is 3.60. The van der Waals surface area contributed by atoms with Gasteiger partial charge >= 0.3 is 23.9 Å². The predicted octanol–water partition coefficient (Wildman–Crippen LogP) is 5.91. The molecule has 0 aliphatic heterocycles. The van der Waals surface area contributed by atoms with E-state index < -0.39 is 34.4 Å². The Morgan fingerprint density at radius 3 is 1.96 bits per heavy atom. The number of fused-ring (bicyclic) bond motifs is 1. The largest absolute Gasteiger partial charge is 0.460 e. The number of hydrogen-bond acceptors (Lipinski definition) is 0. The summed E-state index contributed by atoms with van der Waals surface area (Å²) in [4.78, 5) is 0. The van der Waals surface area contributed by atoms with Gasteiger partial charge in [-0.3, -0.25) is 0 Å². The summed E-state index contributed by atoms with van der Waals surface area (Å²) in [5, 5.41) is 0.571. The summed E-state index contributed by atoms with van der Waals surface area (Å²) < 4.78 is 115. The van der Waals surface area contributed by atoms with Gasteiger partial charge in [0.15, 0.2) is 0 Å². The van der Waals surface area contributed by atoms with Gasteiger partial charge in [-0.05, 0) is 17.5 Å². The minimum Gasteiger partial charge on any atom is -0.346 e. The molecule has 1 aromatic heterocycles. The molecule has 140 valence electrons. The van der Waals surface area contributed by atoms with Gasteiger partial charge in [-0.25, -0.2) is 0 Å². The molecule has 0 saturated carbocycles. The van der Waals surface area contributed by atoms with Crippen LogP contribution in [0.2, 0.25) is 0 Å². The van der Waals surface area contributed by atoms with Crippen LogP contribution in [0.15, 0.2) is 36.5 Å². The maximum Gasteiger partial charge on any atom is 0.460 e. The molecule has 0 spiro atoms. The van der Waals surface area contributed by atoms with Gasteiger partial charge in [0.25, 0.3) is 0 Å². The van der Waals surface area contributed by atoms with Gasteiger partial charge in [-0.15, -0.1) is 0 Å². The quantitative estimate of drug-likeness (QED) is 0.280. The van der Waals surface area contributed by atoms with Crippen LogP contribution in [-0.2, 0) is 6.54 Å². The molecular formula is C14H9F9IN. The second-order valence-electron chi connectivity index (χ2n) is 5.26. The van der Waals surface area contributed by atoms with E-state index in [-0.39, 0.29) is 0 Å². The molecule has 1 nitrogen and oxygen atoms in total. The summed E-state index contributed by atoms with van der Waals surface area (Å²) >= 11 is 0.760. The van der Waals surface area contributed by atoms with Gasteiger partial charge in [-0.2, -0.15) is 39.5 Å². The topological polar surface area (TPSA) is 4.93 Å². The highest BCUT2D eigenvalue weighted by Crippen LogP contribution is 2.55. The van der Waals surface area contributed by atoms with Crippen LogP contribution in [0.5, 0.6) is 0 Å². The number of rotatable bonds is 5. The predicted molar refractivity (Wildman–Crippen MR) is 80.6 cm³/mol. The highest BCUT2D eigenvalue weighted by atomic mass is 127. The lowest BCUT2D eigenvalue weighted by Gasteiger charge is -2.36. The Hall–Kier alpha value is -1.14. The van der Waals surface area contributed by atoms with Crippen molar-refractivity contribution in [3.63, 3.8) is 0 Å². The van der Waals surface area contributed by atoms with Gasteiger partial charge in [0.05, 0.1) is 3.92 Å². The maximum absolute atomic E-state index is 13.9. The number of alkyl halides is 10. The second kappa shape index (κ2) is 6.23. The number of nitrogens with zero attached hydrogens (tertiary/aromatic N) is 1. The van der Waals surface area contributed by atoms with Crippen molar-refractivity contribution in [1.82, 2.24) is 4.57 Å². The van der Waals surface area contributed by atoms with Gasteiger partial charge in [0.1, 0.15) is 0 Å². The zero-order chi connectivity index (χ0) is 19.3. The molecule has 0 radical (unpaired) electrons. The molecule has 11 heteroatoms. The summed E-state index contributed by atoms with van der Waals surface area (Å²) in [6.45, 7) is -0.884. The maximum atomic E-state index is 13.9. The molecule has 0 N–H and O–H groups in total. The molecule has 1 heterocycles. The van der Waals surface area contributed by atoms with E-state index in [0.717, 1.165) is 27.2 Å². The summed E-state index contributed by atoms with van der Waals surface area (Å²) in [5.74, 6) is -19.1. The fourth-order valence-electron chi connectivity index (χ4n) is 2.17. The number of halogens is 10. The van der Waals surface area contributed by atoms with Crippen molar-refractivity contribution in [2.24, 2.45) is 0 Å². The molecule has 0 aliphatic rings. The fourth-order valence-corrected chi connectivity index (χ4v) is 2.99. The lowest BCUT2D eigenvalue weighted by atomic mass is 10.0. The van der Waals surface area contributed by atoms with Gasteiger partial charge in [-0.1, -0.05) is 40.8 Å². The SMILES string of the molecule is FC(F)(F)C(F)(F)C(F)(F)C(F)(F)C(I)Cn1ccc2ccccc21. The van der Waals surface area contributed by atoms with Crippen molar-refractivity contribution in [2.45, 2.75) is 34.4 Å². The zero-order valence-electron chi connectivity index (χ0n) is 12.0. The Morgan fingerprint density at radius 2 is 1.40 bits per heavy atom. The molecular weight excluding hydrogens is 480 g/mol.